The van der Waals surface area contributed by atoms with E-state index in [-0.39, 0.29) is 5.56 Å². The second kappa shape index (κ2) is 9.17. The van der Waals surface area contributed by atoms with Crippen LogP contribution < -0.4 is 4.74 Å². The van der Waals surface area contributed by atoms with E-state index in [9.17, 15) is 14.0 Å². The van der Waals surface area contributed by atoms with Crippen LogP contribution in [0.15, 0.2) is 53.7 Å². The van der Waals surface area contributed by atoms with E-state index in [1.807, 2.05) is 0 Å². The molecule has 25 heavy (non-hydrogen) atoms. The number of ketones is 1. The predicted molar refractivity (Wildman–Crippen MR) is 88.2 cm³/mol. The van der Waals surface area contributed by atoms with E-state index < -0.39 is 30.8 Å². The quantitative estimate of drug-likeness (QED) is 0.318. The molecule has 0 fully saturated rings. The van der Waals surface area contributed by atoms with Crippen LogP contribution in [0.2, 0.25) is 0 Å². The van der Waals surface area contributed by atoms with Gasteiger partial charge in [-0.05, 0) is 54.1 Å². The molecule has 0 saturated heterocycles. The topological polar surface area (TPSA) is 74.2 Å². The van der Waals surface area contributed by atoms with Crippen LogP contribution >= 0.6 is 0 Å². The molecule has 0 atom stereocenters. The number of ether oxygens (including phenoxy) is 2. The van der Waals surface area contributed by atoms with Crippen LogP contribution in [0.4, 0.5) is 4.39 Å². The summed E-state index contributed by atoms with van der Waals surface area (Å²) < 4.78 is 22.6. The SMILES string of the molecule is COc1ccc(/C=N\OCC(=O)OCC(=O)c2ccc(F)cc2)cc1. The van der Waals surface area contributed by atoms with E-state index in [0.29, 0.717) is 5.75 Å². The first-order valence-electron chi connectivity index (χ1n) is 7.32. The van der Waals surface area contributed by atoms with Crippen molar-refractivity contribution >= 4 is 18.0 Å². The van der Waals surface area contributed by atoms with Crippen molar-refractivity contribution in [3.63, 3.8) is 0 Å². The molecule has 0 aromatic heterocycles. The van der Waals surface area contributed by atoms with E-state index in [0.717, 1.165) is 17.7 Å². The summed E-state index contributed by atoms with van der Waals surface area (Å²) >= 11 is 0. The molecular formula is C18H16FNO5. The molecule has 0 heterocycles. The number of halogens is 1. The minimum absolute atomic E-state index is 0.257. The maximum Gasteiger partial charge on any atom is 0.347 e. The van der Waals surface area contributed by atoms with Gasteiger partial charge >= 0.3 is 5.97 Å². The fourth-order valence-corrected chi connectivity index (χ4v) is 1.78. The average Bonchev–Trinajstić information content (AvgIpc) is 2.64. The number of benzene rings is 2. The fraction of sp³-hybridized carbons (Fsp3) is 0.167. The molecule has 0 radical (unpaired) electrons. The van der Waals surface area contributed by atoms with Gasteiger partial charge in [0.15, 0.2) is 12.4 Å². The Hall–Kier alpha value is -3.22. The Morgan fingerprint density at radius 3 is 2.36 bits per heavy atom. The zero-order valence-corrected chi connectivity index (χ0v) is 13.5. The van der Waals surface area contributed by atoms with Gasteiger partial charge in [0.25, 0.3) is 0 Å². The van der Waals surface area contributed by atoms with Crippen molar-refractivity contribution in [2.24, 2.45) is 5.16 Å². The third-order valence-corrected chi connectivity index (χ3v) is 3.10. The second-order valence-corrected chi connectivity index (χ2v) is 4.87. The highest BCUT2D eigenvalue weighted by atomic mass is 19.1. The molecular weight excluding hydrogens is 329 g/mol. The zero-order chi connectivity index (χ0) is 18.1. The number of nitrogens with zero attached hydrogens (tertiary/aromatic N) is 1. The van der Waals surface area contributed by atoms with E-state index in [1.54, 1.807) is 31.4 Å². The summed E-state index contributed by atoms with van der Waals surface area (Å²) in [5, 5.41) is 3.64. The summed E-state index contributed by atoms with van der Waals surface area (Å²) in [6.07, 6.45) is 1.43. The van der Waals surface area contributed by atoms with Crippen LogP contribution in [0.1, 0.15) is 15.9 Å². The number of carbonyl (C=O) groups excluding carboxylic acids is 2. The van der Waals surface area contributed by atoms with Gasteiger partial charge in [-0.1, -0.05) is 5.16 Å². The van der Waals surface area contributed by atoms with Gasteiger partial charge in [0.1, 0.15) is 11.6 Å². The molecule has 0 N–H and O–H groups in total. The summed E-state index contributed by atoms with van der Waals surface area (Å²) in [5.74, 6) is -0.901. The van der Waals surface area contributed by atoms with E-state index in [2.05, 4.69) is 5.16 Å². The van der Waals surface area contributed by atoms with Gasteiger partial charge in [0.2, 0.25) is 6.61 Å². The number of hydrogen-bond donors (Lipinski definition) is 0. The maximum atomic E-state index is 12.8. The summed E-state index contributed by atoms with van der Waals surface area (Å²) in [6.45, 7) is -0.876. The van der Waals surface area contributed by atoms with Gasteiger partial charge in [-0.2, -0.15) is 0 Å². The highest BCUT2D eigenvalue weighted by Crippen LogP contribution is 2.09. The number of oxime groups is 1. The number of methoxy groups -OCH3 is 1. The number of carbonyl (C=O) groups is 2. The van der Waals surface area contributed by atoms with Crippen LogP contribution in [0, 0.1) is 5.82 Å². The lowest BCUT2D eigenvalue weighted by molar-refractivity contribution is -0.147. The lowest BCUT2D eigenvalue weighted by Crippen LogP contribution is -2.17. The van der Waals surface area contributed by atoms with Crippen LogP contribution in [0.25, 0.3) is 0 Å². The molecule has 2 aromatic carbocycles. The van der Waals surface area contributed by atoms with Gasteiger partial charge in [-0.3, -0.25) is 4.79 Å². The second-order valence-electron chi connectivity index (χ2n) is 4.87. The summed E-state index contributed by atoms with van der Waals surface area (Å²) in [6, 6.07) is 12.0. The molecule has 7 heteroatoms. The Kier molecular flexibility index (Phi) is 6.65. The van der Waals surface area contributed by atoms with Crippen molar-refractivity contribution in [2.45, 2.75) is 0 Å². The van der Waals surface area contributed by atoms with E-state index in [4.69, 9.17) is 14.3 Å². The molecule has 0 aliphatic rings. The van der Waals surface area contributed by atoms with Gasteiger partial charge in [0.05, 0.1) is 13.3 Å². The Morgan fingerprint density at radius 2 is 1.72 bits per heavy atom. The van der Waals surface area contributed by atoms with E-state index >= 15 is 0 Å². The van der Waals surface area contributed by atoms with Crippen LogP contribution in [-0.4, -0.2) is 38.3 Å². The number of Topliss-reactive ketones (excluding diaryl/α,β-unsaturated/α-hetero) is 1. The molecule has 0 amide bonds. The molecule has 0 saturated carbocycles. The lowest BCUT2D eigenvalue weighted by Gasteiger charge is -2.03. The van der Waals surface area contributed by atoms with Crippen LogP contribution in [0.5, 0.6) is 5.75 Å². The van der Waals surface area contributed by atoms with Crippen molar-refractivity contribution in [3.05, 3.63) is 65.5 Å². The van der Waals surface area contributed by atoms with Crippen molar-refractivity contribution in [1.82, 2.24) is 0 Å². The first-order chi connectivity index (χ1) is 12.1. The molecule has 0 bridgehead atoms. The first-order valence-corrected chi connectivity index (χ1v) is 7.32. The lowest BCUT2D eigenvalue weighted by atomic mass is 10.1. The Labute approximate surface area is 143 Å². The smallest absolute Gasteiger partial charge is 0.347 e. The van der Waals surface area contributed by atoms with Crippen molar-refractivity contribution in [3.8, 4) is 5.75 Å². The van der Waals surface area contributed by atoms with Gasteiger partial charge < -0.3 is 14.3 Å². The number of esters is 1. The Balaban J connectivity index is 1.70. The normalized spacial score (nSPS) is 10.5. The molecule has 2 aromatic rings. The summed E-state index contributed by atoms with van der Waals surface area (Å²) in [7, 11) is 1.57. The predicted octanol–water partition coefficient (Wildman–Crippen LogP) is 2.61. The molecule has 2 rings (SSSR count). The monoisotopic (exact) mass is 345 g/mol. The molecule has 0 unspecified atom stereocenters. The zero-order valence-electron chi connectivity index (χ0n) is 13.5. The van der Waals surface area contributed by atoms with Gasteiger partial charge in [-0.25, -0.2) is 9.18 Å². The summed E-state index contributed by atoms with van der Waals surface area (Å²) in [5.41, 5.74) is 1.02. The summed E-state index contributed by atoms with van der Waals surface area (Å²) in [4.78, 5) is 28.0. The molecule has 0 aliphatic heterocycles. The minimum Gasteiger partial charge on any atom is -0.497 e. The third-order valence-electron chi connectivity index (χ3n) is 3.10. The molecule has 130 valence electrons. The molecule has 0 spiro atoms. The van der Waals surface area contributed by atoms with Crippen molar-refractivity contribution in [1.29, 1.82) is 0 Å². The minimum atomic E-state index is -0.734. The number of hydrogen-bond acceptors (Lipinski definition) is 6. The van der Waals surface area contributed by atoms with Crippen molar-refractivity contribution < 1.29 is 28.3 Å². The largest absolute Gasteiger partial charge is 0.497 e. The Bertz CT molecular complexity index is 741. The van der Waals surface area contributed by atoms with Crippen LogP contribution in [0.3, 0.4) is 0 Å². The third kappa shape index (κ3) is 6.06. The Morgan fingerprint density at radius 1 is 1.04 bits per heavy atom. The van der Waals surface area contributed by atoms with Gasteiger partial charge in [0, 0.05) is 5.56 Å². The maximum absolute atomic E-state index is 12.8. The van der Waals surface area contributed by atoms with Crippen molar-refractivity contribution in [2.75, 3.05) is 20.3 Å². The highest BCUT2D eigenvalue weighted by molar-refractivity contribution is 5.97. The fourth-order valence-electron chi connectivity index (χ4n) is 1.78. The molecule has 6 nitrogen and oxygen atoms in total. The standard InChI is InChI=1S/C18H16FNO5/c1-23-16-8-2-13(3-9-16)10-20-25-12-18(22)24-11-17(21)14-4-6-15(19)7-5-14/h2-10H,11-12H2,1H3/b20-10-. The van der Waals surface area contributed by atoms with E-state index in [1.165, 1.54) is 18.3 Å². The van der Waals surface area contributed by atoms with Crippen LogP contribution in [-0.2, 0) is 14.4 Å². The molecule has 0 aliphatic carbocycles. The average molecular weight is 345 g/mol. The van der Waals surface area contributed by atoms with Gasteiger partial charge in [-0.15, -0.1) is 0 Å². The number of rotatable bonds is 8. The first kappa shape index (κ1) is 18.1. The highest BCUT2D eigenvalue weighted by Gasteiger charge is 2.10.